The lowest BCUT2D eigenvalue weighted by atomic mass is 9.86. The largest absolute Gasteiger partial charge is 0.370 e. The molecule has 10 nitrogen and oxygen atoms in total. The topological polar surface area (TPSA) is 141 Å². The zero-order valence-corrected chi connectivity index (χ0v) is 16.7. The number of hydrogen-bond donors (Lipinski definition) is 2. The second-order valence-corrected chi connectivity index (χ2v) is 9.00. The van der Waals surface area contributed by atoms with E-state index >= 15 is 0 Å². The van der Waals surface area contributed by atoms with Crippen LogP contribution in [0.3, 0.4) is 0 Å². The molecule has 11 heteroatoms. The third-order valence-corrected chi connectivity index (χ3v) is 7.10. The minimum atomic E-state index is -3.77. The molecule has 1 aliphatic carbocycles. The van der Waals surface area contributed by atoms with E-state index in [1.54, 1.807) is 24.5 Å². The van der Waals surface area contributed by atoms with Crippen LogP contribution >= 0.6 is 0 Å². The summed E-state index contributed by atoms with van der Waals surface area (Å²) in [7, 11) is -1.85. The van der Waals surface area contributed by atoms with Crippen LogP contribution in [0.1, 0.15) is 18.4 Å². The summed E-state index contributed by atoms with van der Waals surface area (Å²) in [5, 5.41) is 17.8. The van der Waals surface area contributed by atoms with Gasteiger partial charge in [-0.15, -0.1) is 0 Å². The number of pyridine rings is 1. The fourth-order valence-corrected chi connectivity index (χ4v) is 5.33. The lowest BCUT2D eigenvalue weighted by molar-refractivity contribution is 0.314. The molecule has 5 rings (SSSR count). The van der Waals surface area contributed by atoms with Gasteiger partial charge in [-0.2, -0.15) is 5.26 Å². The van der Waals surface area contributed by atoms with E-state index in [9.17, 15) is 13.7 Å². The van der Waals surface area contributed by atoms with Crippen molar-refractivity contribution >= 4 is 37.8 Å². The normalized spacial score (nSPS) is 18.9. The molecule has 1 saturated carbocycles. The number of fused-ring (bicyclic) bond motifs is 2. The van der Waals surface area contributed by atoms with Crippen molar-refractivity contribution in [3.8, 4) is 6.07 Å². The van der Waals surface area contributed by atoms with E-state index in [0.717, 1.165) is 11.1 Å². The van der Waals surface area contributed by atoms with Crippen molar-refractivity contribution in [2.24, 2.45) is 0 Å². The molecule has 0 bridgehead atoms. The molecular formula is C19H17N7O3S. The Hall–Kier alpha value is -3.49. The van der Waals surface area contributed by atoms with Gasteiger partial charge in [-0.3, -0.25) is 0 Å². The molecule has 0 spiro atoms. The van der Waals surface area contributed by atoms with Gasteiger partial charge in [-0.1, -0.05) is 6.07 Å². The van der Waals surface area contributed by atoms with Gasteiger partial charge in [0.05, 0.1) is 11.3 Å². The van der Waals surface area contributed by atoms with Crippen molar-refractivity contribution in [3.63, 3.8) is 0 Å². The minimum Gasteiger partial charge on any atom is -0.370 e. The number of aromatic amines is 1. The predicted molar refractivity (Wildman–Crippen MR) is 108 cm³/mol. The Kier molecular flexibility index (Phi) is 4.19. The number of nitrogens with zero attached hydrogens (tertiary/aromatic N) is 5. The SMILES string of the molecule is CN(c1c(C#N)cnc2[nH]ccc12)C1CC(NS(=O)(=O)c2cccc3nonc23)C1. The molecular weight excluding hydrogens is 406 g/mol. The van der Waals surface area contributed by atoms with Crippen molar-refractivity contribution < 1.29 is 13.0 Å². The Balaban J connectivity index is 1.34. The number of nitrogens with one attached hydrogen (secondary N) is 2. The lowest BCUT2D eigenvalue weighted by Gasteiger charge is -2.42. The molecule has 2 N–H and O–H groups in total. The van der Waals surface area contributed by atoms with Crippen molar-refractivity contribution in [2.45, 2.75) is 29.8 Å². The standard InChI is InChI=1S/C19H17N7O3S/c1-26(18-11(9-20)10-22-19-14(18)5-6-21-19)13-7-12(8-13)25-30(27,28)16-4-2-3-15-17(16)24-29-23-15/h2-6,10,12-13,25H,7-8H2,1H3,(H,21,22). The van der Waals surface area contributed by atoms with Gasteiger partial charge in [-0.25, -0.2) is 22.8 Å². The summed E-state index contributed by atoms with van der Waals surface area (Å²) in [5.74, 6) is 0. The minimum absolute atomic E-state index is 0.0491. The van der Waals surface area contributed by atoms with E-state index in [1.807, 2.05) is 18.0 Å². The zero-order chi connectivity index (χ0) is 20.9. The summed E-state index contributed by atoms with van der Waals surface area (Å²) in [5.41, 5.74) is 2.60. The summed E-state index contributed by atoms with van der Waals surface area (Å²) >= 11 is 0. The first-order chi connectivity index (χ1) is 14.5. The van der Waals surface area contributed by atoms with Crippen molar-refractivity contribution in [1.29, 1.82) is 5.26 Å². The van der Waals surface area contributed by atoms with Gasteiger partial charge >= 0.3 is 0 Å². The summed E-state index contributed by atoms with van der Waals surface area (Å²) < 4.78 is 33.1. The Morgan fingerprint density at radius 2 is 2.13 bits per heavy atom. The Morgan fingerprint density at radius 3 is 2.93 bits per heavy atom. The molecule has 0 amide bonds. The van der Waals surface area contributed by atoms with Gasteiger partial charge in [0.15, 0.2) is 5.52 Å². The maximum atomic E-state index is 12.8. The summed E-state index contributed by atoms with van der Waals surface area (Å²) in [4.78, 5) is 9.39. The van der Waals surface area contributed by atoms with Gasteiger partial charge in [0.25, 0.3) is 0 Å². The molecule has 3 heterocycles. The third-order valence-electron chi connectivity index (χ3n) is 5.55. The number of aromatic nitrogens is 4. The number of benzene rings is 1. The molecule has 30 heavy (non-hydrogen) atoms. The summed E-state index contributed by atoms with van der Waals surface area (Å²) in [6.07, 6.45) is 4.56. The maximum absolute atomic E-state index is 12.8. The van der Waals surface area contributed by atoms with E-state index < -0.39 is 10.0 Å². The number of nitriles is 1. The van der Waals surface area contributed by atoms with Crippen molar-refractivity contribution in [2.75, 3.05) is 11.9 Å². The van der Waals surface area contributed by atoms with E-state index in [4.69, 9.17) is 0 Å². The fraction of sp³-hybridized carbons (Fsp3) is 0.263. The van der Waals surface area contributed by atoms with Gasteiger partial charge in [0.1, 0.15) is 22.1 Å². The van der Waals surface area contributed by atoms with E-state index in [2.05, 4.69) is 35.7 Å². The fourth-order valence-electron chi connectivity index (χ4n) is 3.92. The highest BCUT2D eigenvalue weighted by atomic mass is 32.2. The van der Waals surface area contributed by atoms with Gasteiger partial charge in [0.2, 0.25) is 10.0 Å². The molecule has 152 valence electrons. The maximum Gasteiger partial charge on any atom is 0.243 e. The van der Waals surface area contributed by atoms with Crippen LogP contribution in [0.15, 0.2) is 46.2 Å². The van der Waals surface area contributed by atoms with E-state index in [0.29, 0.717) is 29.6 Å². The Bertz CT molecular complexity index is 1400. The quantitative estimate of drug-likeness (QED) is 0.496. The van der Waals surface area contributed by atoms with Crippen molar-refractivity contribution in [1.82, 2.24) is 25.0 Å². The number of anilines is 1. The average Bonchev–Trinajstić information content (AvgIpc) is 3.37. The molecule has 0 atom stereocenters. The van der Waals surface area contributed by atoms with E-state index in [-0.39, 0.29) is 22.5 Å². The zero-order valence-electron chi connectivity index (χ0n) is 15.9. The van der Waals surface area contributed by atoms with Crippen LogP contribution in [0, 0.1) is 11.3 Å². The van der Waals surface area contributed by atoms with Gasteiger partial charge < -0.3 is 9.88 Å². The molecule has 0 saturated heterocycles. The first-order valence-electron chi connectivity index (χ1n) is 9.30. The number of rotatable bonds is 5. The van der Waals surface area contributed by atoms with Crippen LogP contribution in [0.5, 0.6) is 0 Å². The third kappa shape index (κ3) is 2.89. The average molecular weight is 423 g/mol. The predicted octanol–water partition coefficient (Wildman–Crippen LogP) is 1.92. The monoisotopic (exact) mass is 423 g/mol. The molecule has 4 aromatic rings. The van der Waals surface area contributed by atoms with Gasteiger partial charge in [0, 0.05) is 36.9 Å². The van der Waals surface area contributed by atoms with Gasteiger partial charge in [-0.05, 0) is 41.4 Å². The molecule has 1 aromatic carbocycles. The smallest absolute Gasteiger partial charge is 0.243 e. The number of hydrogen-bond acceptors (Lipinski definition) is 8. The van der Waals surface area contributed by atoms with Crippen LogP contribution in [0.25, 0.3) is 22.1 Å². The lowest BCUT2D eigenvalue weighted by Crippen LogP contribution is -2.53. The van der Waals surface area contributed by atoms with Crippen molar-refractivity contribution in [3.05, 3.63) is 42.2 Å². The first kappa shape index (κ1) is 18.5. The highest BCUT2D eigenvalue weighted by molar-refractivity contribution is 7.89. The molecule has 1 fully saturated rings. The van der Waals surface area contributed by atoms with Crippen LogP contribution in [0.2, 0.25) is 0 Å². The summed E-state index contributed by atoms with van der Waals surface area (Å²) in [6.45, 7) is 0. The summed E-state index contributed by atoms with van der Waals surface area (Å²) in [6, 6.07) is 8.69. The van der Waals surface area contributed by atoms with Crippen LogP contribution in [-0.2, 0) is 10.0 Å². The number of H-pyrrole nitrogens is 1. The van der Waals surface area contributed by atoms with Crippen LogP contribution < -0.4 is 9.62 Å². The second-order valence-electron chi connectivity index (χ2n) is 7.31. The molecule has 0 aliphatic heterocycles. The molecule has 0 radical (unpaired) electrons. The second kappa shape index (κ2) is 6.79. The first-order valence-corrected chi connectivity index (χ1v) is 10.8. The highest BCUT2D eigenvalue weighted by Crippen LogP contribution is 2.35. The molecule has 3 aromatic heterocycles. The van der Waals surface area contributed by atoms with Crippen LogP contribution in [0.4, 0.5) is 5.69 Å². The highest BCUT2D eigenvalue weighted by Gasteiger charge is 2.37. The number of sulfonamides is 1. The van der Waals surface area contributed by atoms with E-state index in [1.165, 1.54) is 6.07 Å². The van der Waals surface area contributed by atoms with Crippen LogP contribution in [-0.4, -0.2) is 47.8 Å². The Morgan fingerprint density at radius 1 is 1.30 bits per heavy atom. The molecule has 1 aliphatic rings. The molecule has 0 unspecified atom stereocenters. The Labute approximate surface area is 171 Å².